The topological polar surface area (TPSA) is 17.1 Å². The second-order valence-electron chi connectivity index (χ2n) is 5.17. The average Bonchev–Trinajstić information content (AvgIpc) is 2.02. The molecule has 0 radical (unpaired) electrons. The standard InChI is InChI=1S/C12H20O/c1-12(2,3)9-8-10-4-6-11(13)7-5-10/h4H,5-9H2,1-3H3. The van der Waals surface area contributed by atoms with Gasteiger partial charge in [0.25, 0.3) is 0 Å². The Kier molecular flexibility index (Phi) is 3.29. The molecule has 74 valence electrons. The third-order valence-electron chi connectivity index (χ3n) is 2.54. The Hall–Kier alpha value is -0.590. The van der Waals surface area contributed by atoms with Crippen molar-refractivity contribution in [3.05, 3.63) is 11.6 Å². The van der Waals surface area contributed by atoms with Crippen molar-refractivity contribution in [1.29, 1.82) is 0 Å². The minimum atomic E-state index is 0.402. The third kappa shape index (κ3) is 4.25. The second kappa shape index (κ2) is 4.08. The third-order valence-corrected chi connectivity index (χ3v) is 2.54. The first kappa shape index (κ1) is 10.5. The summed E-state index contributed by atoms with van der Waals surface area (Å²) < 4.78 is 0. The fourth-order valence-corrected chi connectivity index (χ4v) is 1.52. The first-order valence-corrected chi connectivity index (χ1v) is 5.17. The zero-order chi connectivity index (χ0) is 9.90. The van der Waals surface area contributed by atoms with Crippen LogP contribution >= 0.6 is 0 Å². The number of carbonyl (C=O) groups excluding carboxylic acids is 1. The molecular formula is C12H20O. The number of hydrogen-bond donors (Lipinski definition) is 0. The lowest BCUT2D eigenvalue weighted by Crippen LogP contribution is -2.08. The van der Waals surface area contributed by atoms with Gasteiger partial charge in [0, 0.05) is 12.8 Å². The van der Waals surface area contributed by atoms with Crippen molar-refractivity contribution in [2.24, 2.45) is 5.41 Å². The molecule has 0 aliphatic heterocycles. The van der Waals surface area contributed by atoms with E-state index in [0.29, 0.717) is 17.6 Å². The first-order valence-electron chi connectivity index (χ1n) is 5.17. The van der Waals surface area contributed by atoms with Crippen LogP contribution in [-0.2, 0) is 4.79 Å². The van der Waals surface area contributed by atoms with Crippen molar-refractivity contribution in [2.45, 2.75) is 52.9 Å². The molecule has 0 aromatic rings. The quantitative estimate of drug-likeness (QED) is 0.594. The smallest absolute Gasteiger partial charge is 0.136 e. The summed E-state index contributed by atoms with van der Waals surface area (Å²) in [5, 5.41) is 0. The predicted molar refractivity (Wildman–Crippen MR) is 55.6 cm³/mol. The van der Waals surface area contributed by atoms with Crippen LogP contribution in [0.15, 0.2) is 11.6 Å². The molecule has 1 nitrogen and oxygen atoms in total. The van der Waals surface area contributed by atoms with Crippen LogP contribution in [0.5, 0.6) is 0 Å². The zero-order valence-electron chi connectivity index (χ0n) is 9.02. The molecule has 1 aliphatic carbocycles. The summed E-state index contributed by atoms with van der Waals surface area (Å²) in [6.45, 7) is 6.80. The number of rotatable bonds is 2. The van der Waals surface area contributed by atoms with Gasteiger partial charge in [0.2, 0.25) is 0 Å². The van der Waals surface area contributed by atoms with Crippen molar-refractivity contribution in [3.63, 3.8) is 0 Å². The van der Waals surface area contributed by atoms with Gasteiger partial charge < -0.3 is 0 Å². The zero-order valence-corrected chi connectivity index (χ0v) is 9.02. The van der Waals surface area contributed by atoms with E-state index in [9.17, 15) is 4.79 Å². The molecule has 1 heteroatoms. The molecule has 0 saturated carbocycles. The number of carbonyl (C=O) groups is 1. The van der Waals surface area contributed by atoms with Crippen LogP contribution in [0, 0.1) is 5.41 Å². The van der Waals surface area contributed by atoms with E-state index in [2.05, 4.69) is 26.8 Å². The van der Waals surface area contributed by atoms with Gasteiger partial charge in [-0.3, -0.25) is 4.79 Å². The van der Waals surface area contributed by atoms with Crippen LogP contribution < -0.4 is 0 Å². The lowest BCUT2D eigenvalue weighted by Gasteiger charge is -2.20. The summed E-state index contributed by atoms with van der Waals surface area (Å²) in [5.41, 5.74) is 1.91. The lowest BCUT2D eigenvalue weighted by molar-refractivity contribution is -0.118. The predicted octanol–water partition coefficient (Wildman–Crippen LogP) is 3.49. The molecule has 0 aromatic heterocycles. The minimum absolute atomic E-state index is 0.402. The van der Waals surface area contributed by atoms with E-state index in [1.54, 1.807) is 0 Å². The highest BCUT2D eigenvalue weighted by Gasteiger charge is 2.14. The average molecular weight is 180 g/mol. The van der Waals surface area contributed by atoms with Gasteiger partial charge in [-0.15, -0.1) is 0 Å². The van der Waals surface area contributed by atoms with Crippen LogP contribution in [0.4, 0.5) is 0 Å². The van der Waals surface area contributed by atoms with Crippen LogP contribution in [0.3, 0.4) is 0 Å². The van der Waals surface area contributed by atoms with Gasteiger partial charge in [0.15, 0.2) is 0 Å². The van der Waals surface area contributed by atoms with Crippen molar-refractivity contribution >= 4 is 5.78 Å². The minimum Gasteiger partial charge on any atom is -0.299 e. The Morgan fingerprint density at radius 2 is 2.00 bits per heavy atom. The van der Waals surface area contributed by atoms with E-state index in [-0.39, 0.29) is 0 Å². The van der Waals surface area contributed by atoms with Gasteiger partial charge in [-0.25, -0.2) is 0 Å². The molecule has 0 N–H and O–H groups in total. The molecule has 0 fully saturated rings. The summed E-state index contributed by atoms with van der Waals surface area (Å²) in [5.74, 6) is 0.402. The number of ketones is 1. The van der Waals surface area contributed by atoms with Gasteiger partial charge in [-0.1, -0.05) is 32.4 Å². The second-order valence-corrected chi connectivity index (χ2v) is 5.17. The van der Waals surface area contributed by atoms with Gasteiger partial charge >= 0.3 is 0 Å². The molecule has 1 rings (SSSR count). The highest BCUT2D eigenvalue weighted by atomic mass is 16.1. The molecule has 1 aliphatic rings. The summed E-state index contributed by atoms with van der Waals surface area (Å²) in [6, 6.07) is 0. The highest BCUT2D eigenvalue weighted by molar-refractivity contribution is 5.81. The number of Topliss-reactive ketones (excluding diaryl/α,β-unsaturated/α-hetero) is 1. The summed E-state index contributed by atoms with van der Waals surface area (Å²) >= 11 is 0. The maximum Gasteiger partial charge on any atom is 0.136 e. The Morgan fingerprint density at radius 1 is 1.31 bits per heavy atom. The largest absolute Gasteiger partial charge is 0.299 e. The molecular weight excluding hydrogens is 160 g/mol. The molecule has 0 bridgehead atoms. The molecule has 13 heavy (non-hydrogen) atoms. The molecule has 0 atom stereocenters. The molecule has 0 heterocycles. The van der Waals surface area contributed by atoms with Gasteiger partial charge in [-0.05, 0) is 24.7 Å². The summed E-state index contributed by atoms with van der Waals surface area (Å²) in [4.78, 5) is 11.0. The van der Waals surface area contributed by atoms with Gasteiger partial charge in [-0.2, -0.15) is 0 Å². The van der Waals surface area contributed by atoms with Crippen LogP contribution in [-0.4, -0.2) is 5.78 Å². The fraction of sp³-hybridized carbons (Fsp3) is 0.750. The molecule has 0 saturated heterocycles. The van der Waals surface area contributed by atoms with Crippen LogP contribution in [0.1, 0.15) is 52.9 Å². The number of hydrogen-bond acceptors (Lipinski definition) is 1. The Bertz CT molecular complexity index is 218. The Labute approximate surface area is 81.2 Å². The summed E-state index contributed by atoms with van der Waals surface area (Å²) in [6.07, 6.45) is 7.01. The molecule has 0 aromatic carbocycles. The van der Waals surface area contributed by atoms with Crippen LogP contribution in [0.25, 0.3) is 0 Å². The normalized spacial score (nSPS) is 18.7. The van der Waals surface area contributed by atoms with E-state index < -0.39 is 0 Å². The maximum atomic E-state index is 11.0. The van der Waals surface area contributed by atoms with E-state index >= 15 is 0 Å². The monoisotopic (exact) mass is 180 g/mol. The van der Waals surface area contributed by atoms with Crippen molar-refractivity contribution in [3.8, 4) is 0 Å². The van der Waals surface area contributed by atoms with Gasteiger partial charge in [0.05, 0.1) is 0 Å². The van der Waals surface area contributed by atoms with Crippen molar-refractivity contribution in [1.82, 2.24) is 0 Å². The molecule has 0 amide bonds. The van der Waals surface area contributed by atoms with E-state index in [1.165, 1.54) is 18.4 Å². The maximum absolute atomic E-state index is 11.0. The first-order chi connectivity index (χ1) is 5.97. The van der Waals surface area contributed by atoms with Crippen molar-refractivity contribution < 1.29 is 4.79 Å². The lowest BCUT2D eigenvalue weighted by atomic mass is 9.86. The van der Waals surface area contributed by atoms with Gasteiger partial charge in [0.1, 0.15) is 5.78 Å². The SMILES string of the molecule is CC(C)(C)CCC1=CCC(=O)CC1. The van der Waals surface area contributed by atoms with Crippen LogP contribution in [0.2, 0.25) is 0 Å². The van der Waals surface area contributed by atoms with E-state index in [1.807, 2.05) is 0 Å². The van der Waals surface area contributed by atoms with E-state index in [4.69, 9.17) is 0 Å². The highest BCUT2D eigenvalue weighted by Crippen LogP contribution is 2.27. The Morgan fingerprint density at radius 3 is 2.46 bits per heavy atom. The number of allylic oxidation sites excluding steroid dienone is 2. The summed E-state index contributed by atoms with van der Waals surface area (Å²) in [7, 11) is 0. The fourth-order valence-electron chi connectivity index (χ4n) is 1.52. The molecule has 0 unspecified atom stereocenters. The van der Waals surface area contributed by atoms with Crippen molar-refractivity contribution in [2.75, 3.05) is 0 Å². The molecule has 0 spiro atoms. The van der Waals surface area contributed by atoms with E-state index in [0.717, 1.165) is 12.8 Å². The Balaban J connectivity index is 2.34.